The summed E-state index contributed by atoms with van der Waals surface area (Å²) in [6, 6.07) is 7.99. The van der Waals surface area contributed by atoms with Gasteiger partial charge in [0.15, 0.2) is 0 Å². The van der Waals surface area contributed by atoms with Crippen LogP contribution in [0, 0.1) is 0 Å². The number of rotatable bonds is 2. The van der Waals surface area contributed by atoms with Gasteiger partial charge in [-0.3, -0.25) is 4.98 Å². The Morgan fingerprint density at radius 1 is 1.36 bits per heavy atom. The molecule has 0 aliphatic heterocycles. The van der Waals surface area contributed by atoms with Crippen molar-refractivity contribution in [1.29, 1.82) is 0 Å². The molecule has 0 saturated heterocycles. The number of pyridine rings is 1. The molecule has 1 aromatic carbocycles. The lowest BCUT2D eigenvalue weighted by Gasteiger charge is -2.05. The summed E-state index contributed by atoms with van der Waals surface area (Å²) in [5.74, 6) is 0. The Balaban J connectivity index is 2.68. The smallest absolute Gasteiger partial charge is 0.0676 e. The van der Waals surface area contributed by atoms with E-state index in [1.54, 1.807) is 0 Å². The topological polar surface area (TPSA) is 38.9 Å². The van der Waals surface area contributed by atoms with E-state index in [1.807, 2.05) is 36.5 Å². The Kier molecular flexibility index (Phi) is 2.19. The molecule has 0 fully saturated rings. The average molecular weight is 184 g/mol. The van der Waals surface area contributed by atoms with E-state index < -0.39 is 0 Å². The number of nitrogens with zero attached hydrogens (tertiary/aromatic N) is 1. The number of benzene rings is 1. The zero-order chi connectivity index (χ0) is 9.97. The van der Waals surface area contributed by atoms with E-state index in [-0.39, 0.29) is 0 Å². The summed E-state index contributed by atoms with van der Waals surface area (Å²) in [7, 11) is 0. The number of aromatic nitrogens is 1. The molecule has 0 aliphatic carbocycles. The van der Waals surface area contributed by atoms with Gasteiger partial charge in [0.05, 0.1) is 11.4 Å². The average Bonchev–Trinajstić information content (AvgIpc) is 2.23. The Morgan fingerprint density at radius 3 is 2.93 bits per heavy atom. The molecular formula is C12H12N2. The molecule has 2 rings (SSSR count). The van der Waals surface area contributed by atoms with Crippen LogP contribution in [0.1, 0.15) is 5.69 Å². The van der Waals surface area contributed by atoms with Gasteiger partial charge in [0.1, 0.15) is 0 Å². The van der Waals surface area contributed by atoms with Crippen LogP contribution in [0.15, 0.2) is 43.1 Å². The van der Waals surface area contributed by atoms with Gasteiger partial charge < -0.3 is 5.73 Å². The van der Waals surface area contributed by atoms with Crippen molar-refractivity contribution in [2.45, 2.75) is 6.42 Å². The third kappa shape index (κ3) is 1.35. The van der Waals surface area contributed by atoms with E-state index in [0.717, 1.165) is 28.6 Å². The Labute approximate surface area is 83.1 Å². The predicted molar refractivity (Wildman–Crippen MR) is 60.1 cm³/mol. The largest absolute Gasteiger partial charge is 0.397 e. The molecule has 1 aromatic heterocycles. The third-order valence-electron chi connectivity index (χ3n) is 2.26. The Morgan fingerprint density at radius 2 is 2.14 bits per heavy atom. The zero-order valence-electron chi connectivity index (χ0n) is 7.90. The van der Waals surface area contributed by atoms with Gasteiger partial charge in [-0.1, -0.05) is 30.3 Å². The number of nitrogens with two attached hydrogens (primary N) is 1. The molecular weight excluding hydrogens is 172 g/mol. The molecule has 0 radical (unpaired) electrons. The van der Waals surface area contributed by atoms with Gasteiger partial charge in [-0.25, -0.2) is 0 Å². The molecule has 0 bridgehead atoms. The minimum absolute atomic E-state index is 0.719. The van der Waals surface area contributed by atoms with E-state index in [1.165, 1.54) is 0 Å². The van der Waals surface area contributed by atoms with Gasteiger partial charge in [0.2, 0.25) is 0 Å². The highest BCUT2D eigenvalue weighted by Gasteiger charge is 2.03. The van der Waals surface area contributed by atoms with Crippen LogP contribution in [0.3, 0.4) is 0 Å². The molecule has 1 heterocycles. The molecule has 0 saturated carbocycles. The van der Waals surface area contributed by atoms with E-state index in [9.17, 15) is 0 Å². The fourth-order valence-corrected chi connectivity index (χ4v) is 1.53. The van der Waals surface area contributed by atoms with Crippen LogP contribution >= 0.6 is 0 Å². The zero-order valence-corrected chi connectivity index (χ0v) is 7.90. The van der Waals surface area contributed by atoms with Crippen LogP contribution in [0.25, 0.3) is 10.8 Å². The maximum atomic E-state index is 5.99. The summed E-state index contributed by atoms with van der Waals surface area (Å²) < 4.78 is 0. The molecule has 0 aliphatic rings. The van der Waals surface area contributed by atoms with Gasteiger partial charge in [-0.15, -0.1) is 6.58 Å². The minimum Gasteiger partial charge on any atom is -0.397 e. The molecule has 14 heavy (non-hydrogen) atoms. The van der Waals surface area contributed by atoms with E-state index in [2.05, 4.69) is 11.6 Å². The Bertz CT molecular complexity index is 475. The van der Waals surface area contributed by atoms with Crippen molar-refractivity contribution in [1.82, 2.24) is 4.98 Å². The van der Waals surface area contributed by atoms with Crippen LogP contribution in [-0.2, 0) is 6.42 Å². The maximum Gasteiger partial charge on any atom is 0.0676 e. The number of fused-ring (bicyclic) bond motifs is 1. The van der Waals surface area contributed by atoms with Crippen molar-refractivity contribution >= 4 is 16.5 Å². The van der Waals surface area contributed by atoms with Gasteiger partial charge in [-0.05, 0) is 0 Å². The molecule has 70 valence electrons. The lowest BCUT2D eigenvalue weighted by atomic mass is 10.1. The number of hydrogen-bond donors (Lipinski definition) is 1. The number of hydrogen-bond acceptors (Lipinski definition) is 2. The SMILES string of the molecule is C=CCc1ncc2ccccc2c1N. The maximum absolute atomic E-state index is 5.99. The summed E-state index contributed by atoms with van der Waals surface area (Å²) in [6.45, 7) is 3.68. The first-order valence-electron chi connectivity index (χ1n) is 4.56. The van der Waals surface area contributed by atoms with Crippen molar-refractivity contribution in [3.05, 3.63) is 48.8 Å². The van der Waals surface area contributed by atoms with Crippen molar-refractivity contribution in [3.8, 4) is 0 Å². The van der Waals surface area contributed by atoms with E-state index in [0.29, 0.717) is 0 Å². The quantitative estimate of drug-likeness (QED) is 0.728. The highest BCUT2D eigenvalue weighted by Crippen LogP contribution is 2.22. The molecule has 0 spiro atoms. The predicted octanol–water partition coefficient (Wildman–Crippen LogP) is 2.55. The summed E-state index contributed by atoms with van der Waals surface area (Å²) >= 11 is 0. The Hall–Kier alpha value is -1.83. The van der Waals surface area contributed by atoms with Crippen LogP contribution in [0.5, 0.6) is 0 Å². The molecule has 0 amide bonds. The van der Waals surface area contributed by atoms with Crippen LogP contribution in [0.4, 0.5) is 5.69 Å². The summed E-state index contributed by atoms with van der Waals surface area (Å²) in [4.78, 5) is 4.30. The lowest BCUT2D eigenvalue weighted by molar-refractivity contribution is 1.13. The van der Waals surface area contributed by atoms with Gasteiger partial charge >= 0.3 is 0 Å². The molecule has 0 unspecified atom stereocenters. The summed E-state index contributed by atoms with van der Waals surface area (Å²) in [6.07, 6.45) is 4.38. The molecule has 0 atom stereocenters. The standard InChI is InChI=1S/C12H12N2/c1-2-5-11-12(13)10-7-4-3-6-9(10)8-14-11/h2-4,6-8H,1,5,13H2. The van der Waals surface area contributed by atoms with Crippen LogP contribution < -0.4 is 5.73 Å². The lowest BCUT2D eigenvalue weighted by Crippen LogP contribution is -1.97. The highest BCUT2D eigenvalue weighted by atomic mass is 14.7. The molecule has 2 nitrogen and oxygen atoms in total. The second kappa shape index (κ2) is 3.50. The normalized spacial score (nSPS) is 10.3. The van der Waals surface area contributed by atoms with E-state index in [4.69, 9.17) is 5.73 Å². The van der Waals surface area contributed by atoms with Crippen molar-refractivity contribution in [2.24, 2.45) is 0 Å². The first kappa shape index (κ1) is 8.75. The first-order valence-corrected chi connectivity index (χ1v) is 4.56. The fraction of sp³-hybridized carbons (Fsp3) is 0.0833. The molecule has 2 aromatic rings. The monoisotopic (exact) mass is 184 g/mol. The van der Waals surface area contributed by atoms with Crippen molar-refractivity contribution in [3.63, 3.8) is 0 Å². The van der Waals surface area contributed by atoms with Crippen LogP contribution in [0.2, 0.25) is 0 Å². The molecule has 2 N–H and O–H groups in total. The number of allylic oxidation sites excluding steroid dienone is 1. The van der Waals surface area contributed by atoms with Crippen molar-refractivity contribution in [2.75, 3.05) is 5.73 Å². The first-order chi connectivity index (χ1) is 6.83. The summed E-state index contributed by atoms with van der Waals surface area (Å²) in [5.41, 5.74) is 7.66. The van der Waals surface area contributed by atoms with E-state index >= 15 is 0 Å². The molecule has 2 heteroatoms. The third-order valence-corrected chi connectivity index (χ3v) is 2.26. The highest BCUT2D eigenvalue weighted by molar-refractivity contribution is 5.93. The fourth-order valence-electron chi connectivity index (χ4n) is 1.53. The number of anilines is 1. The van der Waals surface area contributed by atoms with Gasteiger partial charge in [0.25, 0.3) is 0 Å². The summed E-state index contributed by atoms with van der Waals surface area (Å²) in [5, 5.41) is 2.15. The van der Waals surface area contributed by atoms with Gasteiger partial charge in [-0.2, -0.15) is 0 Å². The minimum atomic E-state index is 0.719. The van der Waals surface area contributed by atoms with Crippen molar-refractivity contribution < 1.29 is 0 Å². The van der Waals surface area contributed by atoms with Crippen LogP contribution in [-0.4, -0.2) is 4.98 Å². The number of nitrogen functional groups attached to an aromatic ring is 1. The second-order valence-corrected chi connectivity index (χ2v) is 3.20. The second-order valence-electron chi connectivity index (χ2n) is 3.20. The van der Waals surface area contributed by atoms with Gasteiger partial charge in [0, 0.05) is 23.4 Å².